The van der Waals surface area contributed by atoms with Crippen LogP contribution in [0.5, 0.6) is 0 Å². The van der Waals surface area contributed by atoms with E-state index >= 15 is 0 Å². The average molecular weight is 811 g/mol. The highest BCUT2D eigenvalue weighted by atomic mass is 32.1. The second kappa shape index (κ2) is 16.2. The summed E-state index contributed by atoms with van der Waals surface area (Å²) in [6, 6.07) is 81.3. The van der Waals surface area contributed by atoms with E-state index in [2.05, 4.69) is 175 Å². The van der Waals surface area contributed by atoms with Crippen LogP contribution in [0.2, 0.25) is 0 Å². The molecule has 11 rings (SSSR count). The molecule has 4 nitrogen and oxygen atoms in total. The number of rotatable bonds is 9. The highest BCUT2D eigenvalue weighted by Gasteiger charge is 2.20. The van der Waals surface area contributed by atoms with Gasteiger partial charge in [0.1, 0.15) is 0 Å². The molecule has 2 heterocycles. The molecule has 0 saturated heterocycles. The Morgan fingerprint density at radius 3 is 1.15 bits per heavy atom. The van der Waals surface area contributed by atoms with Crippen LogP contribution in [-0.2, 0) is 0 Å². The van der Waals surface area contributed by atoms with Gasteiger partial charge in [-0.25, -0.2) is 15.0 Å². The van der Waals surface area contributed by atoms with Crippen molar-refractivity contribution in [3.63, 3.8) is 0 Å². The molecule has 0 spiro atoms. The molecule has 2 aromatic heterocycles. The number of anilines is 3. The van der Waals surface area contributed by atoms with Crippen molar-refractivity contribution >= 4 is 48.6 Å². The molecule has 0 atom stereocenters. The van der Waals surface area contributed by atoms with Crippen molar-refractivity contribution in [1.29, 1.82) is 0 Å². The molecule has 0 radical (unpaired) electrons. The van der Waals surface area contributed by atoms with Crippen molar-refractivity contribution in [1.82, 2.24) is 15.0 Å². The molecule has 292 valence electrons. The van der Waals surface area contributed by atoms with E-state index in [0.29, 0.717) is 17.5 Å². The SMILES string of the molecule is c1ccc(-c2ccc(N(c3ccc(-c4ccccc4)cc3)c3cc(-c4ccc(-c5nc(-c6ccccc6)nc(-c6ccccc6)n5)cc4)c4c(c3)sc3ccccc34)cc2)cc1. The van der Waals surface area contributed by atoms with Gasteiger partial charge in [-0.05, 0) is 75.8 Å². The van der Waals surface area contributed by atoms with Crippen LogP contribution < -0.4 is 4.90 Å². The van der Waals surface area contributed by atoms with Crippen molar-refractivity contribution in [2.45, 2.75) is 0 Å². The number of fused-ring (bicyclic) bond motifs is 3. The van der Waals surface area contributed by atoms with Gasteiger partial charge in [0.2, 0.25) is 0 Å². The molecule has 9 aromatic carbocycles. The van der Waals surface area contributed by atoms with Crippen LogP contribution >= 0.6 is 11.3 Å². The number of thiophene rings is 1. The van der Waals surface area contributed by atoms with Crippen LogP contribution in [-0.4, -0.2) is 15.0 Å². The minimum Gasteiger partial charge on any atom is -0.310 e. The first kappa shape index (κ1) is 37.0. The zero-order valence-electron chi connectivity index (χ0n) is 33.6. The number of benzene rings is 9. The molecule has 0 aliphatic carbocycles. The van der Waals surface area contributed by atoms with Gasteiger partial charge < -0.3 is 4.90 Å². The van der Waals surface area contributed by atoms with Crippen LogP contribution in [0.1, 0.15) is 0 Å². The number of nitrogens with zero attached hydrogens (tertiary/aromatic N) is 4. The van der Waals surface area contributed by atoms with Crippen LogP contribution in [0, 0.1) is 0 Å². The smallest absolute Gasteiger partial charge is 0.164 e. The first-order chi connectivity index (χ1) is 30.7. The molecule has 11 aromatic rings. The quantitative estimate of drug-likeness (QED) is 0.146. The number of hydrogen-bond acceptors (Lipinski definition) is 5. The summed E-state index contributed by atoms with van der Waals surface area (Å²) < 4.78 is 2.49. The Bertz CT molecular complexity index is 3160. The van der Waals surface area contributed by atoms with Gasteiger partial charge in [0, 0.05) is 53.9 Å². The van der Waals surface area contributed by atoms with E-state index in [9.17, 15) is 0 Å². The van der Waals surface area contributed by atoms with E-state index in [4.69, 9.17) is 15.0 Å². The maximum absolute atomic E-state index is 5.01. The van der Waals surface area contributed by atoms with Crippen molar-refractivity contribution in [2.75, 3.05) is 4.90 Å². The minimum absolute atomic E-state index is 0.633. The lowest BCUT2D eigenvalue weighted by Crippen LogP contribution is -2.10. The van der Waals surface area contributed by atoms with Gasteiger partial charge in [-0.15, -0.1) is 11.3 Å². The Kier molecular flexibility index (Phi) is 9.69. The third-order valence-corrected chi connectivity index (χ3v) is 12.5. The molecule has 0 amide bonds. The topological polar surface area (TPSA) is 41.9 Å². The molecule has 62 heavy (non-hydrogen) atoms. The Labute approximate surface area is 364 Å². The van der Waals surface area contributed by atoms with Crippen molar-refractivity contribution in [2.24, 2.45) is 0 Å². The average Bonchev–Trinajstić information content (AvgIpc) is 3.74. The fraction of sp³-hybridized carbons (Fsp3) is 0. The van der Waals surface area contributed by atoms with E-state index < -0.39 is 0 Å². The standard InChI is InChI=1S/C57H38N4S/c1-5-15-39(16-6-1)41-29-33-47(34-30-41)61(48-35-31-42(32-36-48)40-17-7-2-8-18-40)49-37-51(54-50-23-13-14-24-52(50)62-53(54)38-49)43-25-27-46(28-26-43)57-59-55(44-19-9-3-10-20-44)58-56(60-57)45-21-11-4-12-22-45/h1-38H. The highest BCUT2D eigenvalue weighted by Crippen LogP contribution is 2.46. The number of hydrogen-bond donors (Lipinski definition) is 0. The van der Waals surface area contributed by atoms with E-state index in [0.717, 1.165) is 39.3 Å². The predicted octanol–water partition coefficient (Wildman–Crippen LogP) is 15.7. The molecule has 5 heteroatoms. The van der Waals surface area contributed by atoms with Gasteiger partial charge in [0.05, 0.1) is 0 Å². The van der Waals surface area contributed by atoms with Gasteiger partial charge in [-0.1, -0.05) is 188 Å². The van der Waals surface area contributed by atoms with Crippen molar-refractivity contribution in [3.8, 4) is 67.5 Å². The molecule has 0 aliphatic heterocycles. The summed E-state index contributed by atoms with van der Waals surface area (Å²) in [5, 5.41) is 2.50. The Balaban J connectivity index is 1.05. The Morgan fingerprint density at radius 1 is 0.290 bits per heavy atom. The normalized spacial score (nSPS) is 11.2. The molecule has 0 aliphatic rings. The van der Waals surface area contributed by atoms with Crippen LogP contribution in [0.15, 0.2) is 231 Å². The maximum Gasteiger partial charge on any atom is 0.164 e. The summed E-state index contributed by atoms with van der Waals surface area (Å²) in [4.78, 5) is 17.3. The molecule has 0 N–H and O–H groups in total. The van der Waals surface area contributed by atoms with Gasteiger partial charge in [-0.3, -0.25) is 0 Å². The van der Waals surface area contributed by atoms with E-state index in [-0.39, 0.29) is 0 Å². The molecule has 0 saturated carbocycles. The third kappa shape index (κ3) is 7.21. The monoisotopic (exact) mass is 810 g/mol. The molecule has 0 fully saturated rings. The second-order valence-corrected chi connectivity index (χ2v) is 16.3. The van der Waals surface area contributed by atoms with E-state index in [1.807, 2.05) is 72.0 Å². The van der Waals surface area contributed by atoms with Gasteiger partial charge in [-0.2, -0.15) is 0 Å². The molecule has 0 bridgehead atoms. The van der Waals surface area contributed by atoms with Crippen molar-refractivity contribution in [3.05, 3.63) is 231 Å². The first-order valence-corrected chi connectivity index (χ1v) is 21.6. The summed E-state index contributed by atoms with van der Waals surface area (Å²) in [5.74, 6) is 1.92. The zero-order valence-corrected chi connectivity index (χ0v) is 34.5. The molecular weight excluding hydrogens is 773 g/mol. The summed E-state index contributed by atoms with van der Waals surface area (Å²) in [5.41, 5.74) is 13.1. The lowest BCUT2D eigenvalue weighted by atomic mass is 9.97. The lowest BCUT2D eigenvalue weighted by Gasteiger charge is -2.27. The number of aromatic nitrogens is 3. The van der Waals surface area contributed by atoms with Crippen LogP contribution in [0.25, 0.3) is 87.7 Å². The van der Waals surface area contributed by atoms with E-state index in [1.54, 1.807) is 0 Å². The fourth-order valence-corrected chi connectivity index (χ4v) is 9.41. The minimum atomic E-state index is 0.633. The highest BCUT2D eigenvalue weighted by molar-refractivity contribution is 7.26. The Morgan fingerprint density at radius 2 is 0.661 bits per heavy atom. The summed E-state index contributed by atoms with van der Waals surface area (Å²) in [7, 11) is 0. The predicted molar refractivity (Wildman–Crippen MR) is 260 cm³/mol. The Hall–Kier alpha value is -7.99. The van der Waals surface area contributed by atoms with Gasteiger partial charge in [0.25, 0.3) is 0 Å². The summed E-state index contributed by atoms with van der Waals surface area (Å²) in [6.07, 6.45) is 0. The lowest BCUT2D eigenvalue weighted by molar-refractivity contribution is 1.07. The fourth-order valence-electron chi connectivity index (χ4n) is 8.25. The van der Waals surface area contributed by atoms with Crippen LogP contribution in [0.4, 0.5) is 17.1 Å². The maximum atomic E-state index is 5.01. The van der Waals surface area contributed by atoms with Gasteiger partial charge in [0.15, 0.2) is 17.5 Å². The van der Waals surface area contributed by atoms with Crippen LogP contribution in [0.3, 0.4) is 0 Å². The summed E-state index contributed by atoms with van der Waals surface area (Å²) in [6.45, 7) is 0. The van der Waals surface area contributed by atoms with Gasteiger partial charge >= 0.3 is 0 Å². The summed E-state index contributed by atoms with van der Waals surface area (Å²) >= 11 is 1.84. The van der Waals surface area contributed by atoms with Crippen molar-refractivity contribution < 1.29 is 0 Å². The third-order valence-electron chi connectivity index (χ3n) is 11.3. The zero-order chi connectivity index (χ0) is 41.2. The first-order valence-electron chi connectivity index (χ1n) is 20.8. The largest absolute Gasteiger partial charge is 0.310 e. The molecular formula is C57H38N4S. The molecule has 0 unspecified atom stereocenters. The van der Waals surface area contributed by atoms with E-state index in [1.165, 1.54) is 48.0 Å². The second-order valence-electron chi connectivity index (χ2n) is 15.2.